The molecule has 0 spiro atoms. The van der Waals surface area contributed by atoms with E-state index in [4.69, 9.17) is 16.3 Å². The molecule has 0 aromatic heterocycles. The number of carbonyl (C=O) groups is 2. The van der Waals surface area contributed by atoms with Crippen molar-refractivity contribution in [1.82, 2.24) is 4.90 Å². The summed E-state index contributed by atoms with van der Waals surface area (Å²) in [6.07, 6.45) is -0.213. The minimum Gasteiger partial charge on any atom is -0.469 e. The molecule has 0 aliphatic carbocycles. The lowest BCUT2D eigenvalue weighted by atomic mass is 10.2. The van der Waals surface area contributed by atoms with Crippen molar-refractivity contribution in [2.45, 2.75) is 12.5 Å². The maximum atomic E-state index is 12.2. The highest BCUT2D eigenvalue weighted by Crippen LogP contribution is 2.21. The van der Waals surface area contributed by atoms with Crippen LogP contribution in [0.25, 0.3) is 0 Å². The van der Waals surface area contributed by atoms with Gasteiger partial charge >= 0.3 is 12.0 Å². The van der Waals surface area contributed by atoms with Crippen molar-refractivity contribution in [2.24, 2.45) is 0 Å². The standard InChI is InChI=1S/C14H17ClN2O4/c1-20-13(18)8-10-9-17(6-7-21-10)14(19)16-12-5-3-2-4-11(12)15/h2-5,10H,6-9H2,1H3,(H,16,19). The van der Waals surface area contributed by atoms with Gasteiger partial charge < -0.3 is 19.7 Å². The fourth-order valence-corrected chi connectivity index (χ4v) is 2.24. The van der Waals surface area contributed by atoms with Crippen LogP contribution in [-0.4, -0.2) is 49.8 Å². The van der Waals surface area contributed by atoms with Gasteiger partial charge in [-0.15, -0.1) is 0 Å². The first-order valence-electron chi connectivity index (χ1n) is 6.59. The number of esters is 1. The van der Waals surface area contributed by atoms with Crippen LogP contribution in [0.2, 0.25) is 5.02 Å². The van der Waals surface area contributed by atoms with Crippen LogP contribution >= 0.6 is 11.6 Å². The fourth-order valence-electron chi connectivity index (χ4n) is 2.05. The Bertz CT molecular complexity index is 523. The number of hydrogen-bond acceptors (Lipinski definition) is 4. The summed E-state index contributed by atoms with van der Waals surface area (Å²) in [4.78, 5) is 25.1. The predicted octanol–water partition coefficient (Wildman–Crippen LogP) is 2.14. The molecule has 114 valence electrons. The summed E-state index contributed by atoms with van der Waals surface area (Å²) in [5.41, 5.74) is 0.556. The summed E-state index contributed by atoms with van der Waals surface area (Å²) in [6, 6.07) is 6.75. The zero-order chi connectivity index (χ0) is 15.2. The number of rotatable bonds is 3. The van der Waals surface area contributed by atoms with Crippen LogP contribution in [-0.2, 0) is 14.3 Å². The van der Waals surface area contributed by atoms with Crippen molar-refractivity contribution in [3.63, 3.8) is 0 Å². The Hall–Kier alpha value is -1.79. The summed E-state index contributed by atoms with van der Waals surface area (Å²) >= 11 is 6.00. The highest BCUT2D eigenvalue weighted by Gasteiger charge is 2.26. The molecule has 1 atom stereocenters. The molecule has 0 bridgehead atoms. The molecule has 1 aromatic carbocycles. The van der Waals surface area contributed by atoms with Gasteiger partial charge in [-0.3, -0.25) is 4.79 Å². The third-order valence-corrected chi connectivity index (χ3v) is 3.49. The summed E-state index contributed by atoms with van der Waals surface area (Å²) < 4.78 is 10.1. The Balaban J connectivity index is 1.93. The Morgan fingerprint density at radius 2 is 2.24 bits per heavy atom. The number of amides is 2. The van der Waals surface area contributed by atoms with Gasteiger partial charge in [0.2, 0.25) is 0 Å². The fraction of sp³-hybridized carbons (Fsp3) is 0.429. The molecule has 1 heterocycles. The first-order chi connectivity index (χ1) is 10.1. The minimum atomic E-state index is -0.353. The largest absolute Gasteiger partial charge is 0.469 e. The van der Waals surface area contributed by atoms with E-state index in [1.807, 2.05) is 0 Å². The number of methoxy groups -OCH3 is 1. The number of benzene rings is 1. The van der Waals surface area contributed by atoms with Crippen LogP contribution in [0.15, 0.2) is 24.3 Å². The maximum absolute atomic E-state index is 12.2. The third kappa shape index (κ3) is 4.34. The normalized spacial score (nSPS) is 18.2. The van der Waals surface area contributed by atoms with Gasteiger partial charge in [-0.25, -0.2) is 4.79 Å². The average Bonchev–Trinajstić information content (AvgIpc) is 2.49. The molecular weight excluding hydrogens is 296 g/mol. The number of urea groups is 1. The number of hydrogen-bond donors (Lipinski definition) is 1. The molecule has 0 radical (unpaired) electrons. The monoisotopic (exact) mass is 312 g/mol. The summed E-state index contributed by atoms with van der Waals surface area (Å²) in [5, 5.41) is 3.23. The number of anilines is 1. The van der Waals surface area contributed by atoms with Gasteiger partial charge in [0, 0.05) is 13.1 Å². The van der Waals surface area contributed by atoms with Crippen molar-refractivity contribution >= 4 is 29.3 Å². The molecule has 1 fully saturated rings. The van der Waals surface area contributed by atoms with E-state index < -0.39 is 0 Å². The molecular formula is C14H17ClN2O4. The number of morpholine rings is 1. The lowest BCUT2D eigenvalue weighted by molar-refractivity contribution is -0.145. The second kappa shape index (κ2) is 7.28. The quantitative estimate of drug-likeness (QED) is 0.868. The summed E-state index contributed by atoms with van der Waals surface area (Å²) in [7, 11) is 1.33. The Kier molecular flexibility index (Phi) is 5.41. The van der Waals surface area contributed by atoms with Crippen LogP contribution in [0.3, 0.4) is 0 Å². The second-order valence-electron chi connectivity index (χ2n) is 4.63. The zero-order valence-corrected chi connectivity index (χ0v) is 12.4. The van der Waals surface area contributed by atoms with E-state index in [1.54, 1.807) is 29.2 Å². The smallest absolute Gasteiger partial charge is 0.322 e. The minimum absolute atomic E-state index is 0.131. The highest BCUT2D eigenvalue weighted by atomic mass is 35.5. The second-order valence-corrected chi connectivity index (χ2v) is 5.04. The Labute approximate surface area is 128 Å². The van der Waals surface area contributed by atoms with Gasteiger partial charge in [-0.2, -0.15) is 0 Å². The number of ether oxygens (including phenoxy) is 2. The Morgan fingerprint density at radius 3 is 2.95 bits per heavy atom. The molecule has 1 saturated heterocycles. The SMILES string of the molecule is COC(=O)CC1CN(C(=O)Nc2ccccc2Cl)CCO1. The molecule has 0 saturated carbocycles. The van der Waals surface area contributed by atoms with E-state index in [9.17, 15) is 9.59 Å². The van der Waals surface area contributed by atoms with Gasteiger partial charge in [-0.05, 0) is 12.1 Å². The number of carbonyl (C=O) groups excluding carboxylic acids is 2. The zero-order valence-electron chi connectivity index (χ0n) is 11.7. The van der Waals surface area contributed by atoms with E-state index >= 15 is 0 Å². The van der Waals surface area contributed by atoms with E-state index in [1.165, 1.54) is 7.11 Å². The molecule has 1 N–H and O–H groups in total. The molecule has 2 amide bonds. The van der Waals surface area contributed by atoms with Crippen molar-refractivity contribution < 1.29 is 19.1 Å². The molecule has 1 unspecified atom stereocenters. The van der Waals surface area contributed by atoms with Crippen LogP contribution in [0.4, 0.5) is 10.5 Å². The van der Waals surface area contributed by atoms with E-state index in [0.717, 1.165) is 0 Å². The van der Waals surface area contributed by atoms with Crippen molar-refractivity contribution in [3.05, 3.63) is 29.3 Å². The molecule has 2 rings (SSSR count). The van der Waals surface area contributed by atoms with E-state index in [-0.39, 0.29) is 24.5 Å². The molecule has 6 nitrogen and oxygen atoms in total. The molecule has 1 aliphatic rings. The summed E-state index contributed by atoms with van der Waals surface area (Å²) in [5.74, 6) is -0.353. The topological polar surface area (TPSA) is 67.9 Å². The molecule has 7 heteroatoms. The van der Waals surface area contributed by atoms with Crippen molar-refractivity contribution in [3.8, 4) is 0 Å². The number of halogens is 1. The lowest BCUT2D eigenvalue weighted by Crippen LogP contribution is -2.48. The van der Waals surface area contributed by atoms with Gasteiger partial charge in [0.25, 0.3) is 0 Å². The van der Waals surface area contributed by atoms with E-state index in [2.05, 4.69) is 10.1 Å². The molecule has 1 aliphatic heterocycles. The number of nitrogens with one attached hydrogen (secondary N) is 1. The van der Waals surface area contributed by atoms with Crippen LogP contribution < -0.4 is 5.32 Å². The van der Waals surface area contributed by atoms with Crippen LogP contribution in [0.5, 0.6) is 0 Å². The first kappa shape index (κ1) is 15.6. The van der Waals surface area contributed by atoms with Gasteiger partial charge in [-0.1, -0.05) is 23.7 Å². The van der Waals surface area contributed by atoms with Crippen LogP contribution in [0, 0.1) is 0 Å². The van der Waals surface area contributed by atoms with Crippen LogP contribution in [0.1, 0.15) is 6.42 Å². The highest BCUT2D eigenvalue weighted by molar-refractivity contribution is 6.33. The predicted molar refractivity (Wildman–Crippen MR) is 78.4 cm³/mol. The summed E-state index contributed by atoms with van der Waals surface area (Å²) in [6.45, 7) is 1.19. The van der Waals surface area contributed by atoms with Gasteiger partial charge in [0.15, 0.2) is 0 Å². The number of nitrogens with zero attached hydrogens (tertiary/aromatic N) is 1. The maximum Gasteiger partial charge on any atom is 0.322 e. The lowest BCUT2D eigenvalue weighted by Gasteiger charge is -2.32. The van der Waals surface area contributed by atoms with E-state index in [0.29, 0.717) is 30.4 Å². The molecule has 21 heavy (non-hydrogen) atoms. The van der Waals surface area contributed by atoms with Gasteiger partial charge in [0.05, 0.1) is 37.0 Å². The molecule has 1 aromatic rings. The first-order valence-corrected chi connectivity index (χ1v) is 6.97. The van der Waals surface area contributed by atoms with Crippen molar-refractivity contribution in [2.75, 3.05) is 32.1 Å². The van der Waals surface area contributed by atoms with Crippen molar-refractivity contribution in [1.29, 1.82) is 0 Å². The number of para-hydroxylation sites is 1. The van der Waals surface area contributed by atoms with Gasteiger partial charge in [0.1, 0.15) is 0 Å². The third-order valence-electron chi connectivity index (χ3n) is 3.16. The average molecular weight is 313 g/mol. The Morgan fingerprint density at radius 1 is 1.48 bits per heavy atom.